The Kier molecular flexibility index (Phi) is 4.76. The van der Waals surface area contributed by atoms with Gasteiger partial charge in [-0.2, -0.15) is 4.57 Å². The molecule has 0 fully saturated rings. The van der Waals surface area contributed by atoms with Crippen molar-refractivity contribution in [2.75, 3.05) is 5.32 Å². The van der Waals surface area contributed by atoms with Crippen molar-refractivity contribution in [1.82, 2.24) is 0 Å². The summed E-state index contributed by atoms with van der Waals surface area (Å²) in [6.45, 7) is 6.03. The highest BCUT2D eigenvalue weighted by molar-refractivity contribution is 5.85. The van der Waals surface area contributed by atoms with Crippen molar-refractivity contribution in [3.05, 3.63) is 24.0 Å². The summed E-state index contributed by atoms with van der Waals surface area (Å²) in [5.74, 6) is 0. The molecule has 5 nitrogen and oxygen atoms in total. The van der Waals surface area contributed by atoms with Crippen molar-refractivity contribution in [3.63, 3.8) is 0 Å². The van der Waals surface area contributed by atoms with Crippen LogP contribution in [0, 0.1) is 0 Å². The molecule has 0 radical (unpaired) electrons. The Hall–Kier alpha value is -1.33. The standard InChI is InChI=1S/C13H18N2O3.ClH/c1-13(2,3)18-12(17)14-10-5-4-6-15-8-9(16)7-11(10)15;/h4-6,9,16H,7-8H2,1-3H3;1H. The van der Waals surface area contributed by atoms with Crippen LogP contribution in [0.2, 0.25) is 0 Å². The molecule has 19 heavy (non-hydrogen) atoms. The van der Waals surface area contributed by atoms with Gasteiger partial charge in [0.25, 0.3) is 0 Å². The van der Waals surface area contributed by atoms with E-state index in [4.69, 9.17) is 4.74 Å². The van der Waals surface area contributed by atoms with Gasteiger partial charge < -0.3 is 22.3 Å². The first-order valence-corrected chi connectivity index (χ1v) is 6.04. The van der Waals surface area contributed by atoms with Crippen molar-refractivity contribution < 1.29 is 31.6 Å². The average molecular weight is 287 g/mol. The molecule has 0 spiro atoms. The number of anilines is 1. The number of aliphatic hydroxyl groups excluding tert-OH is 1. The molecular formula is C13H19ClN2O3. The molecule has 0 bridgehead atoms. The van der Waals surface area contributed by atoms with E-state index in [2.05, 4.69) is 5.32 Å². The summed E-state index contributed by atoms with van der Waals surface area (Å²) in [6.07, 6.45) is 1.59. The number of pyridine rings is 1. The number of nitrogens with one attached hydrogen (secondary N) is 1. The molecule has 0 aliphatic carbocycles. The predicted molar refractivity (Wildman–Crippen MR) is 66.2 cm³/mol. The lowest BCUT2D eigenvalue weighted by Gasteiger charge is -2.19. The lowest BCUT2D eigenvalue weighted by Crippen LogP contribution is -3.00. The van der Waals surface area contributed by atoms with Crippen molar-refractivity contribution in [1.29, 1.82) is 0 Å². The number of amides is 1. The third kappa shape index (κ3) is 4.08. The van der Waals surface area contributed by atoms with E-state index in [1.807, 2.05) is 43.7 Å². The largest absolute Gasteiger partial charge is 1.00 e. The van der Waals surface area contributed by atoms with Gasteiger partial charge in [0.1, 0.15) is 17.4 Å². The third-order valence-electron chi connectivity index (χ3n) is 2.66. The van der Waals surface area contributed by atoms with E-state index in [1.54, 1.807) is 0 Å². The van der Waals surface area contributed by atoms with Crippen molar-refractivity contribution >= 4 is 11.8 Å². The zero-order chi connectivity index (χ0) is 13.3. The van der Waals surface area contributed by atoms with E-state index in [0.717, 1.165) is 5.69 Å². The minimum atomic E-state index is -0.519. The molecule has 1 aliphatic heterocycles. The Bertz CT molecular complexity index is 471. The lowest BCUT2D eigenvalue weighted by atomic mass is 10.2. The number of hydrogen-bond donors (Lipinski definition) is 2. The van der Waals surface area contributed by atoms with Gasteiger partial charge in [0.2, 0.25) is 5.69 Å². The zero-order valence-corrected chi connectivity index (χ0v) is 12.1. The monoisotopic (exact) mass is 286 g/mol. The van der Waals surface area contributed by atoms with Gasteiger partial charge in [0.15, 0.2) is 12.7 Å². The number of aliphatic hydroxyl groups is 1. The molecule has 2 rings (SSSR count). The molecule has 0 saturated heterocycles. The molecule has 1 amide bonds. The van der Waals surface area contributed by atoms with E-state index >= 15 is 0 Å². The van der Waals surface area contributed by atoms with Crippen LogP contribution >= 0.6 is 0 Å². The topological polar surface area (TPSA) is 62.4 Å². The van der Waals surface area contributed by atoms with Gasteiger partial charge in [-0.25, -0.2) is 4.79 Å². The van der Waals surface area contributed by atoms with Gasteiger partial charge in [-0.05, 0) is 26.8 Å². The summed E-state index contributed by atoms with van der Waals surface area (Å²) in [4.78, 5) is 11.7. The fourth-order valence-corrected chi connectivity index (χ4v) is 2.02. The SMILES string of the molecule is CC(C)(C)OC(=O)Nc1ccc[n+]2c1CC(O)C2.[Cl-]. The van der Waals surface area contributed by atoms with Crippen LogP contribution in [0.25, 0.3) is 0 Å². The molecular weight excluding hydrogens is 268 g/mol. The van der Waals surface area contributed by atoms with E-state index in [-0.39, 0.29) is 18.5 Å². The van der Waals surface area contributed by atoms with Crippen molar-refractivity contribution in [2.24, 2.45) is 0 Å². The van der Waals surface area contributed by atoms with Crippen LogP contribution < -0.4 is 22.3 Å². The predicted octanol–water partition coefficient (Wildman–Crippen LogP) is -1.76. The van der Waals surface area contributed by atoms with Crippen molar-refractivity contribution in [3.8, 4) is 0 Å². The second kappa shape index (κ2) is 5.75. The highest BCUT2D eigenvalue weighted by atomic mass is 35.5. The van der Waals surface area contributed by atoms with E-state index in [0.29, 0.717) is 18.7 Å². The molecule has 1 aliphatic rings. The number of carbonyl (C=O) groups is 1. The molecule has 1 atom stereocenters. The minimum Gasteiger partial charge on any atom is -1.00 e. The quantitative estimate of drug-likeness (QED) is 0.602. The summed E-state index contributed by atoms with van der Waals surface area (Å²) >= 11 is 0. The van der Waals surface area contributed by atoms with Crippen LogP contribution in [0.15, 0.2) is 18.3 Å². The Morgan fingerprint density at radius 3 is 2.84 bits per heavy atom. The number of hydrogen-bond acceptors (Lipinski definition) is 3. The smallest absolute Gasteiger partial charge is 0.412 e. The summed E-state index contributed by atoms with van der Waals surface area (Å²) in [7, 11) is 0. The summed E-state index contributed by atoms with van der Waals surface area (Å²) in [5, 5.41) is 12.4. The maximum Gasteiger partial charge on any atom is 0.412 e. The highest BCUT2D eigenvalue weighted by Gasteiger charge is 2.30. The average Bonchev–Trinajstić information content (AvgIpc) is 2.56. The highest BCUT2D eigenvalue weighted by Crippen LogP contribution is 2.18. The van der Waals surface area contributed by atoms with Gasteiger partial charge in [-0.1, -0.05) is 0 Å². The Morgan fingerprint density at radius 2 is 2.21 bits per heavy atom. The fraction of sp³-hybridized carbons (Fsp3) is 0.538. The first kappa shape index (κ1) is 15.7. The second-order valence-corrected chi connectivity index (χ2v) is 5.51. The van der Waals surface area contributed by atoms with Gasteiger partial charge in [-0.3, -0.25) is 5.32 Å². The number of ether oxygens (including phenoxy) is 1. The molecule has 2 N–H and O–H groups in total. The summed E-state index contributed by atoms with van der Waals surface area (Å²) < 4.78 is 7.15. The summed E-state index contributed by atoms with van der Waals surface area (Å²) in [5.41, 5.74) is 1.11. The van der Waals surface area contributed by atoms with E-state index in [9.17, 15) is 9.90 Å². The van der Waals surface area contributed by atoms with Crippen LogP contribution in [-0.2, 0) is 17.7 Å². The lowest BCUT2D eigenvalue weighted by molar-refractivity contribution is -0.694. The van der Waals surface area contributed by atoms with Gasteiger partial charge in [0, 0.05) is 6.07 Å². The normalized spacial score (nSPS) is 17.4. The fourth-order valence-electron chi connectivity index (χ4n) is 2.02. The number of halogens is 1. The number of aromatic nitrogens is 1. The van der Waals surface area contributed by atoms with Crippen LogP contribution in [0.3, 0.4) is 0 Å². The maximum atomic E-state index is 11.7. The number of rotatable bonds is 1. The molecule has 1 aromatic heterocycles. The van der Waals surface area contributed by atoms with Crippen molar-refractivity contribution in [2.45, 2.75) is 45.4 Å². The van der Waals surface area contributed by atoms with Gasteiger partial charge in [0.05, 0.1) is 6.42 Å². The first-order valence-electron chi connectivity index (χ1n) is 6.04. The molecule has 1 aromatic rings. The Morgan fingerprint density at radius 1 is 1.53 bits per heavy atom. The summed E-state index contributed by atoms with van der Waals surface area (Å²) in [6, 6.07) is 3.65. The Balaban J connectivity index is 0.00000180. The number of nitrogens with zero attached hydrogens (tertiary/aromatic N) is 1. The van der Waals surface area contributed by atoms with Crippen LogP contribution in [-0.4, -0.2) is 22.9 Å². The van der Waals surface area contributed by atoms with Crippen LogP contribution in [0.1, 0.15) is 26.5 Å². The molecule has 0 aromatic carbocycles. The Labute approximate surface area is 119 Å². The molecule has 1 unspecified atom stereocenters. The third-order valence-corrected chi connectivity index (χ3v) is 2.66. The number of carbonyl (C=O) groups excluding carboxylic acids is 1. The van der Waals surface area contributed by atoms with Crippen LogP contribution in [0.5, 0.6) is 0 Å². The van der Waals surface area contributed by atoms with E-state index in [1.165, 1.54) is 0 Å². The number of fused-ring (bicyclic) bond motifs is 1. The maximum absolute atomic E-state index is 11.7. The minimum absolute atomic E-state index is 0. The zero-order valence-electron chi connectivity index (χ0n) is 11.3. The van der Waals surface area contributed by atoms with E-state index < -0.39 is 11.7 Å². The van der Waals surface area contributed by atoms with Gasteiger partial charge in [-0.15, -0.1) is 0 Å². The second-order valence-electron chi connectivity index (χ2n) is 5.51. The molecule has 106 valence electrons. The molecule has 0 saturated carbocycles. The molecule has 2 heterocycles. The first-order chi connectivity index (χ1) is 8.35. The van der Waals surface area contributed by atoms with Gasteiger partial charge >= 0.3 is 6.09 Å². The van der Waals surface area contributed by atoms with Crippen LogP contribution in [0.4, 0.5) is 10.5 Å². The molecule has 6 heteroatoms.